The number of hydrogen-bond acceptors (Lipinski definition) is 4. The Morgan fingerprint density at radius 1 is 1.15 bits per heavy atom. The Kier molecular flexibility index (Phi) is 6.46. The van der Waals surface area contributed by atoms with Gasteiger partial charge in [0.1, 0.15) is 0 Å². The van der Waals surface area contributed by atoms with E-state index in [0.717, 1.165) is 32.7 Å². The van der Waals surface area contributed by atoms with Gasteiger partial charge in [-0.2, -0.15) is 5.26 Å². The molecule has 0 saturated carbocycles. The number of halogens is 1. The number of rotatable bonds is 5. The first kappa shape index (κ1) is 19.4. The Bertz CT molecular complexity index is 823. The molecule has 27 heavy (non-hydrogen) atoms. The number of carbonyl (C=O) groups excluding carboxylic acids is 1. The zero-order valence-corrected chi connectivity index (χ0v) is 16.1. The first-order chi connectivity index (χ1) is 13.1. The minimum Gasteiger partial charge on any atom is -0.323 e. The van der Waals surface area contributed by atoms with Crippen LogP contribution in [-0.4, -0.2) is 47.9 Å². The number of carbonyl (C=O) groups is 1. The molecule has 3 rings (SSSR count). The summed E-state index contributed by atoms with van der Waals surface area (Å²) in [5.41, 5.74) is 2.53. The van der Waals surface area contributed by atoms with Crippen LogP contribution in [0.15, 0.2) is 48.5 Å². The number of para-hydroxylation sites is 1. The predicted octanol–water partition coefficient (Wildman–Crippen LogP) is 3.36. The largest absolute Gasteiger partial charge is 0.323 e. The van der Waals surface area contributed by atoms with Crippen LogP contribution in [0.3, 0.4) is 0 Å². The second-order valence-electron chi connectivity index (χ2n) is 6.77. The van der Waals surface area contributed by atoms with Crippen LogP contribution in [0, 0.1) is 11.3 Å². The van der Waals surface area contributed by atoms with E-state index in [1.807, 2.05) is 49.4 Å². The molecule has 1 heterocycles. The van der Waals surface area contributed by atoms with E-state index in [1.165, 1.54) is 5.56 Å². The smallest absolute Gasteiger partial charge is 0.241 e. The van der Waals surface area contributed by atoms with Crippen molar-refractivity contribution in [1.82, 2.24) is 9.80 Å². The molecule has 140 valence electrons. The quantitative estimate of drug-likeness (QED) is 0.861. The first-order valence-corrected chi connectivity index (χ1v) is 9.45. The van der Waals surface area contributed by atoms with E-state index in [1.54, 1.807) is 6.07 Å². The van der Waals surface area contributed by atoms with Gasteiger partial charge in [0.25, 0.3) is 0 Å². The number of amides is 1. The molecule has 0 aliphatic carbocycles. The second-order valence-corrected chi connectivity index (χ2v) is 7.17. The number of nitriles is 1. The fourth-order valence-corrected chi connectivity index (χ4v) is 3.40. The molecule has 1 saturated heterocycles. The standard InChI is InChI=1S/C21H23ClN4O/c1-16(21(27)24-20-5-3-2-4-19(20)22)26-12-10-25(11-13-26)15-18-8-6-17(14-23)7-9-18/h2-9,16H,10-13,15H2,1H3,(H,24,27). The summed E-state index contributed by atoms with van der Waals surface area (Å²) in [6.07, 6.45) is 0. The number of nitrogens with zero attached hydrogens (tertiary/aromatic N) is 3. The van der Waals surface area contributed by atoms with Crippen LogP contribution < -0.4 is 5.32 Å². The normalized spacial score (nSPS) is 16.5. The van der Waals surface area contributed by atoms with Gasteiger partial charge in [-0.05, 0) is 36.8 Å². The molecule has 1 N–H and O–H groups in total. The van der Waals surface area contributed by atoms with E-state index in [-0.39, 0.29) is 11.9 Å². The highest BCUT2D eigenvalue weighted by atomic mass is 35.5. The van der Waals surface area contributed by atoms with Gasteiger partial charge in [-0.25, -0.2) is 0 Å². The highest BCUT2D eigenvalue weighted by Gasteiger charge is 2.25. The molecule has 1 atom stereocenters. The summed E-state index contributed by atoms with van der Waals surface area (Å²) in [6.45, 7) is 6.29. The van der Waals surface area contributed by atoms with Gasteiger partial charge in [0.15, 0.2) is 0 Å². The highest BCUT2D eigenvalue weighted by molar-refractivity contribution is 6.33. The molecule has 6 heteroatoms. The summed E-state index contributed by atoms with van der Waals surface area (Å²) < 4.78 is 0. The van der Waals surface area contributed by atoms with Crippen molar-refractivity contribution in [2.45, 2.75) is 19.5 Å². The Labute approximate surface area is 165 Å². The average molecular weight is 383 g/mol. The molecule has 1 fully saturated rings. The van der Waals surface area contributed by atoms with Crippen LogP contribution in [0.1, 0.15) is 18.1 Å². The van der Waals surface area contributed by atoms with Crippen molar-refractivity contribution in [3.8, 4) is 6.07 Å². The van der Waals surface area contributed by atoms with Crippen LogP contribution in [0.4, 0.5) is 5.69 Å². The van der Waals surface area contributed by atoms with Crippen LogP contribution in [-0.2, 0) is 11.3 Å². The molecule has 2 aromatic carbocycles. The van der Waals surface area contributed by atoms with Gasteiger partial charge in [0.2, 0.25) is 5.91 Å². The Balaban J connectivity index is 1.49. The monoisotopic (exact) mass is 382 g/mol. The molecule has 1 aliphatic rings. The summed E-state index contributed by atoms with van der Waals surface area (Å²) in [6, 6.07) is 16.9. The topological polar surface area (TPSA) is 59.4 Å². The van der Waals surface area contributed by atoms with Gasteiger partial charge in [-0.1, -0.05) is 35.9 Å². The Morgan fingerprint density at radius 2 is 1.81 bits per heavy atom. The van der Waals surface area contributed by atoms with E-state index in [0.29, 0.717) is 16.3 Å². The molecule has 1 amide bonds. The van der Waals surface area contributed by atoms with E-state index >= 15 is 0 Å². The van der Waals surface area contributed by atoms with E-state index in [2.05, 4.69) is 21.2 Å². The van der Waals surface area contributed by atoms with Gasteiger partial charge < -0.3 is 5.32 Å². The van der Waals surface area contributed by atoms with E-state index in [4.69, 9.17) is 16.9 Å². The number of nitrogens with one attached hydrogen (secondary N) is 1. The van der Waals surface area contributed by atoms with Crippen molar-refractivity contribution in [2.75, 3.05) is 31.5 Å². The molecule has 1 aliphatic heterocycles. The zero-order chi connectivity index (χ0) is 19.2. The number of anilines is 1. The summed E-state index contributed by atoms with van der Waals surface area (Å²) in [5.74, 6) is -0.0383. The van der Waals surface area contributed by atoms with Crippen LogP contribution in [0.5, 0.6) is 0 Å². The third kappa shape index (κ3) is 5.08. The van der Waals surface area contributed by atoms with Crippen molar-refractivity contribution in [1.29, 1.82) is 5.26 Å². The fraction of sp³-hybridized carbons (Fsp3) is 0.333. The van der Waals surface area contributed by atoms with Gasteiger partial charge in [-0.3, -0.25) is 14.6 Å². The lowest BCUT2D eigenvalue weighted by atomic mass is 10.1. The number of hydrogen-bond donors (Lipinski definition) is 1. The molecule has 5 nitrogen and oxygen atoms in total. The van der Waals surface area contributed by atoms with Gasteiger partial charge in [0.05, 0.1) is 28.4 Å². The van der Waals surface area contributed by atoms with Crippen LogP contribution in [0.2, 0.25) is 5.02 Å². The zero-order valence-electron chi connectivity index (χ0n) is 15.4. The molecular formula is C21H23ClN4O. The summed E-state index contributed by atoms with van der Waals surface area (Å²) in [7, 11) is 0. The maximum absolute atomic E-state index is 12.5. The molecule has 0 aromatic heterocycles. The Morgan fingerprint density at radius 3 is 2.44 bits per heavy atom. The van der Waals surface area contributed by atoms with Gasteiger partial charge in [-0.15, -0.1) is 0 Å². The molecular weight excluding hydrogens is 360 g/mol. The average Bonchev–Trinajstić information content (AvgIpc) is 2.70. The molecule has 0 bridgehead atoms. The number of benzene rings is 2. The summed E-state index contributed by atoms with van der Waals surface area (Å²) >= 11 is 6.12. The van der Waals surface area contributed by atoms with Crippen molar-refractivity contribution in [3.05, 3.63) is 64.7 Å². The van der Waals surface area contributed by atoms with E-state index < -0.39 is 0 Å². The fourth-order valence-electron chi connectivity index (χ4n) is 3.22. The van der Waals surface area contributed by atoms with Crippen molar-refractivity contribution >= 4 is 23.2 Å². The lowest BCUT2D eigenvalue weighted by Gasteiger charge is -2.37. The minimum absolute atomic E-state index is 0.0383. The lowest BCUT2D eigenvalue weighted by molar-refractivity contribution is -0.121. The molecule has 0 spiro atoms. The van der Waals surface area contributed by atoms with Crippen LogP contribution in [0.25, 0.3) is 0 Å². The highest BCUT2D eigenvalue weighted by Crippen LogP contribution is 2.21. The third-order valence-electron chi connectivity index (χ3n) is 4.95. The predicted molar refractivity (Wildman–Crippen MR) is 108 cm³/mol. The Hall–Kier alpha value is -2.39. The van der Waals surface area contributed by atoms with E-state index in [9.17, 15) is 4.79 Å². The van der Waals surface area contributed by atoms with Gasteiger partial charge >= 0.3 is 0 Å². The summed E-state index contributed by atoms with van der Waals surface area (Å²) in [5, 5.41) is 12.3. The van der Waals surface area contributed by atoms with Crippen molar-refractivity contribution < 1.29 is 4.79 Å². The molecule has 1 unspecified atom stereocenters. The SMILES string of the molecule is CC(C(=O)Nc1ccccc1Cl)N1CCN(Cc2ccc(C#N)cc2)CC1. The second kappa shape index (κ2) is 9.01. The third-order valence-corrected chi connectivity index (χ3v) is 5.28. The summed E-state index contributed by atoms with van der Waals surface area (Å²) in [4.78, 5) is 17.1. The molecule has 2 aromatic rings. The van der Waals surface area contributed by atoms with Crippen LogP contribution >= 0.6 is 11.6 Å². The maximum atomic E-state index is 12.5. The number of piperazine rings is 1. The van der Waals surface area contributed by atoms with Gasteiger partial charge in [0, 0.05) is 32.7 Å². The van der Waals surface area contributed by atoms with Crippen molar-refractivity contribution in [2.24, 2.45) is 0 Å². The van der Waals surface area contributed by atoms with Crippen molar-refractivity contribution in [3.63, 3.8) is 0 Å². The lowest BCUT2D eigenvalue weighted by Crippen LogP contribution is -2.52. The first-order valence-electron chi connectivity index (χ1n) is 9.07. The minimum atomic E-state index is -0.210. The molecule has 0 radical (unpaired) electrons. The maximum Gasteiger partial charge on any atom is 0.241 e.